The van der Waals surface area contributed by atoms with E-state index < -0.39 is 5.91 Å². The fraction of sp³-hybridized carbons (Fsp3) is 0.111. The number of benzene rings is 3. The minimum Gasteiger partial charge on any atom is -0.490 e. The molecule has 11 heteroatoms. The first-order valence-electron chi connectivity index (χ1n) is 11.5. The van der Waals surface area contributed by atoms with Gasteiger partial charge in [-0.3, -0.25) is 9.59 Å². The number of hydrogen-bond acceptors (Lipinski definition) is 7. The number of halogens is 2. The molecule has 9 nitrogen and oxygen atoms in total. The summed E-state index contributed by atoms with van der Waals surface area (Å²) in [5.41, 5.74) is 6.61. The van der Waals surface area contributed by atoms with Crippen molar-refractivity contribution in [3.8, 4) is 23.1 Å². The van der Waals surface area contributed by atoms with Gasteiger partial charge in [0, 0.05) is 10.4 Å². The van der Waals surface area contributed by atoms with Crippen LogP contribution in [0.25, 0.3) is 33.5 Å². The molecule has 192 valence electrons. The van der Waals surface area contributed by atoms with Crippen molar-refractivity contribution < 1.29 is 18.7 Å². The van der Waals surface area contributed by atoms with Crippen molar-refractivity contribution >= 4 is 68.2 Å². The van der Waals surface area contributed by atoms with Crippen molar-refractivity contribution in [2.75, 3.05) is 13.2 Å². The third-order valence-corrected chi connectivity index (χ3v) is 6.50. The summed E-state index contributed by atoms with van der Waals surface area (Å²) < 4.78 is 19.1. The van der Waals surface area contributed by atoms with E-state index in [1.54, 1.807) is 54.6 Å². The number of para-hydroxylation sites is 1. The molecule has 0 bridgehead atoms. The predicted molar refractivity (Wildman–Crippen MR) is 154 cm³/mol. The van der Waals surface area contributed by atoms with E-state index in [1.165, 1.54) is 10.9 Å². The lowest BCUT2D eigenvalue weighted by Gasteiger charge is -2.13. The summed E-state index contributed by atoms with van der Waals surface area (Å²) in [6, 6.07) is 17.5. The van der Waals surface area contributed by atoms with E-state index in [0.717, 1.165) is 5.39 Å². The minimum absolute atomic E-state index is 0.235. The van der Waals surface area contributed by atoms with Gasteiger partial charge in [-0.05, 0) is 83.6 Å². The van der Waals surface area contributed by atoms with E-state index >= 15 is 0 Å². The molecule has 0 unspecified atom stereocenters. The van der Waals surface area contributed by atoms with Crippen LogP contribution in [0.4, 0.5) is 0 Å². The van der Waals surface area contributed by atoms with Crippen LogP contribution in [-0.2, 0) is 4.79 Å². The molecule has 0 aliphatic rings. The van der Waals surface area contributed by atoms with Gasteiger partial charge < -0.3 is 19.6 Å². The third-order valence-electron chi connectivity index (χ3n) is 5.47. The Hall–Kier alpha value is -3.90. The van der Waals surface area contributed by atoms with Gasteiger partial charge >= 0.3 is 0 Å². The maximum Gasteiger partial charge on any atom is 0.282 e. The number of fused-ring (bicyclic) bond motifs is 2. The Balaban J connectivity index is 1.63. The number of hydrogen-bond donors (Lipinski definition) is 1. The molecule has 5 rings (SSSR count). The average Bonchev–Trinajstić information content (AvgIpc) is 3.30. The van der Waals surface area contributed by atoms with E-state index in [9.17, 15) is 9.59 Å². The van der Waals surface area contributed by atoms with Crippen LogP contribution in [0.3, 0.4) is 0 Å². The van der Waals surface area contributed by atoms with Crippen molar-refractivity contribution in [1.29, 1.82) is 0 Å². The first-order valence-corrected chi connectivity index (χ1v) is 12.9. The molecule has 0 atom stereocenters. The second-order valence-electron chi connectivity index (χ2n) is 8.12. The number of nitrogens with zero attached hydrogens (tertiary/aromatic N) is 3. The van der Waals surface area contributed by atoms with Crippen LogP contribution in [0.1, 0.15) is 12.5 Å². The zero-order chi connectivity index (χ0) is 26.8. The van der Waals surface area contributed by atoms with Crippen LogP contribution in [0.2, 0.25) is 5.02 Å². The van der Waals surface area contributed by atoms with Gasteiger partial charge in [0.05, 0.1) is 27.3 Å². The molecule has 2 N–H and O–H groups in total. The van der Waals surface area contributed by atoms with Crippen LogP contribution in [0.5, 0.6) is 11.5 Å². The number of aromatic nitrogens is 2. The van der Waals surface area contributed by atoms with Crippen molar-refractivity contribution in [3.05, 3.63) is 85.2 Å². The number of carbonyl (C=O) groups excluding carboxylic acids is 1. The van der Waals surface area contributed by atoms with E-state index in [2.05, 4.69) is 32.7 Å². The average molecular weight is 643 g/mol. The second-order valence-corrected chi connectivity index (χ2v) is 9.72. The predicted octanol–water partition coefficient (Wildman–Crippen LogP) is 5.21. The van der Waals surface area contributed by atoms with Crippen molar-refractivity contribution in [3.63, 3.8) is 0 Å². The Morgan fingerprint density at radius 2 is 2.00 bits per heavy atom. The molecule has 38 heavy (non-hydrogen) atoms. The Bertz CT molecular complexity index is 1780. The number of nitrogens with two attached hydrogens (primary N) is 1. The molecule has 0 saturated carbocycles. The molecule has 2 aromatic heterocycles. The van der Waals surface area contributed by atoms with Crippen LogP contribution in [0, 0.1) is 3.57 Å². The zero-order valence-corrected chi connectivity index (χ0v) is 22.9. The molecule has 5 aromatic rings. The smallest absolute Gasteiger partial charge is 0.282 e. The van der Waals surface area contributed by atoms with Crippen LogP contribution in [0.15, 0.2) is 75.0 Å². The van der Waals surface area contributed by atoms with Crippen molar-refractivity contribution in [1.82, 2.24) is 9.66 Å². The molecule has 0 radical (unpaired) electrons. The Labute approximate surface area is 234 Å². The topological polar surface area (TPSA) is 122 Å². The van der Waals surface area contributed by atoms with Crippen LogP contribution < -0.4 is 20.8 Å². The molecular formula is C27H20ClIN4O5. The first kappa shape index (κ1) is 25.7. The minimum atomic E-state index is -0.600. The Morgan fingerprint density at radius 1 is 1.18 bits per heavy atom. The fourth-order valence-electron chi connectivity index (χ4n) is 3.85. The summed E-state index contributed by atoms with van der Waals surface area (Å²) in [5.74, 6) is 0.813. The standard InChI is InChI=1S/C27H20ClIN4O5/c1-2-36-22-10-15(9-19(29)25(22)37-14-24(30)34)13-31-33-26(32-20-6-4-3-5-18(20)27(33)35)23-12-16-11-17(28)7-8-21(16)38-23/h3-13H,2,14H2,1H3,(H2,30,34). The maximum absolute atomic E-state index is 13.5. The van der Waals surface area contributed by atoms with Gasteiger partial charge in [-0.2, -0.15) is 9.78 Å². The lowest BCUT2D eigenvalue weighted by atomic mass is 10.2. The summed E-state index contributed by atoms with van der Waals surface area (Å²) in [6.45, 7) is 1.92. The van der Waals surface area contributed by atoms with Gasteiger partial charge in [0.15, 0.2) is 23.9 Å². The Morgan fingerprint density at radius 3 is 2.79 bits per heavy atom. The second kappa shape index (κ2) is 10.8. The van der Waals surface area contributed by atoms with Gasteiger partial charge in [0.25, 0.3) is 11.5 Å². The van der Waals surface area contributed by atoms with Gasteiger partial charge in [0.1, 0.15) is 5.58 Å². The highest BCUT2D eigenvalue weighted by Crippen LogP contribution is 2.34. The molecule has 0 spiro atoms. The highest BCUT2D eigenvalue weighted by molar-refractivity contribution is 14.1. The van der Waals surface area contributed by atoms with Crippen LogP contribution in [-0.4, -0.2) is 35.0 Å². The van der Waals surface area contributed by atoms with Crippen molar-refractivity contribution in [2.45, 2.75) is 6.92 Å². The Kier molecular flexibility index (Phi) is 7.34. The summed E-state index contributed by atoms with van der Waals surface area (Å²) in [5, 5.41) is 6.24. The molecule has 0 fully saturated rings. The highest BCUT2D eigenvalue weighted by Gasteiger charge is 2.17. The third kappa shape index (κ3) is 5.22. The fourth-order valence-corrected chi connectivity index (χ4v) is 4.81. The van der Waals surface area contributed by atoms with Crippen LogP contribution >= 0.6 is 34.2 Å². The summed E-state index contributed by atoms with van der Waals surface area (Å²) in [6.07, 6.45) is 1.52. The highest BCUT2D eigenvalue weighted by atomic mass is 127. The molecule has 3 aromatic carbocycles. The number of rotatable bonds is 8. The number of primary amides is 1. The molecule has 0 aliphatic heterocycles. The lowest BCUT2D eigenvalue weighted by Crippen LogP contribution is -2.21. The van der Waals surface area contributed by atoms with Gasteiger partial charge in [-0.15, -0.1) is 0 Å². The normalized spacial score (nSPS) is 11.4. The first-order chi connectivity index (χ1) is 18.3. The van der Waals surface area contributed by atoms with E-state index in [0.29, 0.717) is 54.5 Å². The summed E-state index contributed by atoms with van der Waals surface area (Å²) in [4.78, 5) is 29.4. The van der Waals surface area contributed by atoms with Gasteiger partial charge in [-0.25, -0.2) is 4.98 Å². The molecule has 0 saturated heterocycles. The number of ether oxygens (including phenoxy) is 2. The molecule has 2 heterocycles. The van der Waals surface area contributed by atoms with Crippen molar-refractivity contribution in [2.24, 2.45) is 10.8 Å². The zero-order valence-electron chi connectivity index (χ0n) is 20.0. The number of carbonyl (C=O) groups is 1. The molecule has 1 amide bonds. The maximum atomic E-state index is 13.5. The quantitative estimate of drug-likeness (QED) is 0.183. The van der Waals surface area contributed by atoms with Gasteiger partial charge in [0.2, 0.25) is 5.82 Å². The summed E-state index contributed by atoms with van der Waals surface area (Å²) in [7, 11) is 0. The lowest BCUT2D eigenvalue weighted by molar-refractivity contribution is -0.119. The molecule has 0 aliphatic carbocycles. The van der Waals surface area contributed by atoms with E-state index in [4.69, 9.17) is 31.2 Å². The number of furan rings is 1. The summed E-state index contributed by atoms with van der Waals surface area (Å²) >= 11 is 8.21. The van der Waals surface area contributed by atoms with E-state index in [-0.39, 0.29) is 18.0 Å². The largest absolute Gasteiger partial charge is 0.490 e. The SMILES string of the molecule is CCOc1cc(C=Nn2c(-c3cc4cc(Cl)ccc4o3)nc3ccccc3c2=O)cc(I)c1OCC(N)=O. The number of amides is 1. The van der Waals surface area contributed by atoms with Gasteiger partial charge in [-0.1, -0.05) is 23.7 Å². The van der Waals surface area contributed by atoms with E-state index in [1.807, 2.05) is 13.0 Å². The monoisotopic (exact) mass is 642 g/mol. The molecular weight excluding hydrogens is 623 g/mol.